The number of benzene rings is 2. The van der Waals surface area contributed by atoms with Crippen LogP contribution in [0.3, 0.4) is 0 Å². The summed E-state index contributed by atoms with van der Waals surface area (Å²) in [5, 5.41) is 7.51. The van der Waals surface area contributed by atoms with Crippen molar-refractivity contribution in [1.82, 2.24) is 14.8 Å². The van der Waals surface area contributed by atoms with Gasteiger partial charge in [-0.25, -0.2) is 8.42 Å². The summed E-state index contributed by atoms with van der Waals surface area (Å²) in [7, 11) is -4.65. The number of amides is 1. The minimum atomic E-state index is -4.88. The van der Waals surface area contributed by atoms with E-state index in [2.05, 4.69) is 15.4 Å². The van der Waals surface area contributed by atoms with E-state index >= 15 is 0 Å². The van der Waals surface area contributed by atoms with Crippen LogP contribution in [0.2, 0.25) is 0 Å². The summed E-state index contributed by atoms with van der Waals surface area (Å²) in [4.78, 5) is 16.8. The second-order valence-corrected chi connectivity index (χ2v) is 12.0. The second-order valence-electron chi connectivity index (χ2n) is 10.3. The Morgan fingerprint density at radius 3 is 2.42 bits per heavy atom. The Morgan fingerprint density at radius 2 is 1.77 bits per heavy atom. The highest BCUT2D eigenvalue weighted by atomic mass is 32.2. The van der Waals surface area contributed by atoms with Crippen LogP contribution in [0.25, 0.3) is 10.9 Å². The zero-order valence-electron chi connectivity index (χ0n) is 22.2. The largest absolute Gasteiger partial charge is 0.456 e. The molecule has 0 atom stereocenters. The molecule has 4 rings (SSSR count). The van der Waals surface area contributed by atoms with E-state index in [9.17, 15) is 26.4 Å². The smallest absolute Gasteiger partial charge is 0.404 e. The molecule has 1 amide bonds. The average molecular weight is 576 g/mol. The van der Waals surface area contributed by atoms with Crippen LogP contribution in [0.1, 0.15) is 31.9 Å². The third-order valence-corrected chi connectivity index (χ3v) is 6.96. The van der Waals surface area contributed by atoms with Gasteiger partial charge >= 0.3 is 6.18 Å². The van der Waals surface area contributed by atoms with Crippen LogP contribution in [0.15, 0.2) is 61.1 Å². The highest BCUT2D eigenvalue weighted by molar-refractivity contribution is 7.92. The Kier molecular flexibility index (Phi) is 7.79. The van der Waals surface area contributed by atoms with Crippen LogP contribution >= 0.6 is 0 Å². The van der Waals surface area contributed by atoms with Gasteiger partial charge in [-0.2, -0.15) is 18.3 Å². The fourth-order valence-electron chi connectivity index (χ4n) is 3.90. The van der Waals surface area contributed by atoms with Gasteiger partial charge in [0.15, 0.2) is 5.75 Å². The Hall–Kier alpha value is -4.13. The van der Waals surface area contributed by atoms with E-state index in [1.54, 1.807) is 35.3 Å². The Labute approximate surface area is 229 Å². The van der Waals surface area contributed by atoms with Gasteiger partial charge in [0.25, 0.3) is 0 Å². The number of nitrogens with zero attached hydrogens (tertiary/aromatic N) is 3. The fraction of sp³-hybridized carbons (Fsp3) is 0.296. The maximum Gasteiger partial charge on any atom is 0.404 e. The van der Waals surface area contributed by atoms with E-state index in [1.807, 2.05) is 38.5 Å². The first kappa shape index (κ1) is 28.9. The monoisotopic (exact) mass is 575 g/mol. The van der Waals surface area contributed by atoms with E-state index in [0.717, 1.165) is 11.1 Å². The molecule has 0 saturated heterocycles. The summed E-state index contributed by atoms with van der Waals surface area (Å²) in [6, 6.07) is 11.0. The average Bonchev–Trinajstić information content (AvgIpc) is 3.28. The summed E-state index contributed by atoms with van der Waals surface area (Å²) in [6.07, 6.45) is 0.115. The first-order chi connectivity index (χ1) is 18.6. The maximum absolute atomic E-state index is 12.6. The fourth-order valence-corrected chi connectivity index (χ4v) is 4.89. The van der Waals surface area contributed by atoms with Crippen LogP contribution in [0, 0.1) is 6.92 Å². The number of pyridine rings is 1. The lowest BCUT2D eigenvalue weighted by molar-refractivity contribution is -0.115. The molecule has 2 aromatic carbocycles. The summed E-state index contributed by atoms with van der Waals surface area (Å²) in [5.74, 6) is -1.40. The third-order valence-electron chi connectivity index (χ3n) is 5.71. The molecule has 0 spiro atoms. The van der Waals surface area contributed by atoms with Crippen molar-refractivity contribution in [3.05, 3.63) is 72.2 Å². The van der Waals surface area contributed by atoms with Crippen molar-refractivity contribution in [1.29, 1.82) is 0 Å². The molecular formula is C27H28F3N5O4S. The highest BCUT2D eigenvalue weighted by Crippen LogP contribution is 2.33. The number of alkyl halides is 3. The van der Waals surface area contributed by atoms with Gasteiger partial charge in [0.2, 0.25) is 15.9 Å². The molecule has 0 aliphatic carbocycles. The van der Waals surface area contributed by atoms with Gasteiger partial charge in [-0.15, -0.1) is 0 Å². The molecule has 0 saturated carbocycles. The molecule has 0 bridgehead atoms. The topological polar surface area (TPSA) is 115 Å². The van der Waals surface area contributed by atoms with E-state index < -0.39 is 22.0 Å². The van der Waals surface area contributed by atoms with E-state index in [4.69, 9.17) is 4.74 Å². The molecule has 4 aromatic rings. The number of fused-ring (bicyclic) bond motifs is 1. The van der Waals surface area contributed by atoms with Gasteiger partial charge in [0, 0.05) is 23.5 Å². The van der Waals surface area contributed by atoms with Crippen LogP contribution in [-0.4, -0.2) is 41.0 Å². The molecular weight excluding hydrogens is 547 g/mol. The molecule has 2 aromatic heterocycles. The summed E-state index contributed by atoms with van der Waals surface area (Å²) in [5.41, 5.74) is 2.28. The van der Waals surface area contributed by atoms with Gasteiger partial charge in [0.1, 0.15) is 11.5 Å². The number of carbonyl (C=O) groups is 1. The Balaban J connectivity index is 1.48. The van der Waals surface area contributed by atoms with E-state index in [0.29, 0.717) is 28.1 Å². The molecule has 40 heavy (non-hydrogen) atoms. The van der Waals surface area contributed by atoms with Crippen molar-refractivity contribution in [2.24, 2.45) is 0 Å². The van der Waals surface area contributed by atoms with Crippen LogP contribution in [0.4, 0.5) is 24.5 Å². The van der Waals surface area contributed by atoms with E-state index in [1.165, 1.54) is 24.4 Å². The predicted octanol–water partition coefficient (Wildman–Crippen LogP) is 5.77. The number of nitrogens with one attached hydrogen (secondary N) is 2. The van der Waals surface area contributed by atoms with Crippen LogP contribution < -0.4 is 14.8 Å². The molecule has 212 valence electrons. The minimum Gasteiger partial charge on any atom is -0.456 e. The standard InChI is InChI=1S/C27H28F3N5O4S/c1-17-11-18(12-25(36)33-20-14-32-35(15-20)26(2,3)4)5-8-23(17)39-24-9-10-31-22-7-6-19(13-21(22)24)34-40(37,38)16-27(28,29)30/h5-11,13-15,34H,12,16H2,1-4H3,(H,33,36). The highest BCUT2D eigenvalue weighted by Gasteiger charge is 2.35. The zero-order valence-corrected chi connectivity index (χ0v) is 23.0. The number of carbonyl (C=O) groups excluding carboxylic acids is 1. The van der Waals surface area contributed by atoms with E-state index in [-0.39, 0.29) is 23.6 Å². The van der Waals surface area contributed by atoms with Gasteiger partial charge in [0.05, 0.1) is 29.4 Å². The van der Waals surface area contributed by atoms with Crippen molar-refractivity contribution < 1.29 is 31.1 Å². The van der Waals surface area contributed by atoms with Crippen molar-refractivity contribution in [3.8, 4) is 11.5 Å². The Morgan fingerprint density at radius 1 is 1.02 bits per heavy atom. The first-order valence-corrected chi connectivity index (χ1v) is 13.8. The van der Waals surface area contributed by atoms with Gasteiger partial charge in [-0.1, -0.05) is 12.1 Å². The zero-order chi connectivity index (χ0) is 29.3. The molecule has 13 heteroatoms. The number of aromatic nitrogens is 3. The number of halogens is 3. The minimum absolute atomic E-state index is 0.0549. The van der Waals surface area contributed by atoms with Gasteiger partial charge < -0.3 is 10.1 Å². The SMILES string of the molecule is Cc1cc(CC(=O)Nc2cnn(C(C)(C)C)c2)ccc1Oc1ccnc2ccc(NS(=O)(=O)CC(F)(F)F)cc12. The molecule has 9 nitrogen and oxygen atoms in total. The molecule has 0 unspecified atom stereocenters. The molecule has 2 N–H and O–H groups in total. The molecule has 0 aliphatic heterocycles. The number of sulfonamides is 1. The predicted molar refractivity (Wildman–Crippen MR) is 146 cm³/mol. The number of hydrogen-bond acceptors (Lipinski definition) is 6. The molecule has 0 fully saturated rings. The van der Waals surface area contributed by atoms with Crippen molar-refractivity contribution in [3.63, 3.8) is 0 Å². The van der Waals surface area contributed by atoms with Crippen LogP contribution in [-0.2, 0) is 26.8 Å². The van der Waals surface area contributed by atoms with Crippen molar-refractivity contribution in [2.75, 3.05) is 15.8 Å². The number of hydrogen-bond donors (Lipinski definition) is 2. The van der Waals surface area contributed by atoms with Crippen molar-refractivity contribution >= 4 is 38.2 Å². The number of anilines is 2. The maximum atomic E-state index is 12.6. The van der Waals surface area contributed by atoms with Gasteiger partial charge in [-0.3, -0.25) is 19.2 Å². The molecule has 2 heterocycles. The number of ether oxygens (including phenoxy) is 1. The van der Waals surface area contributed by atoms with Crippen molar-refractivity contribution in [2.45, 2.75) is 45.8 Å². The van der Waals surface area contributed by atoms with Gasteiger partial charge in [-0.05, 0) is 69.2 Å². The third kappa shape index (κ3) is 7.50. The lowest BCUT2D eigenvalue weighted by Gasteiger charge is -2.18. The first-order valence-electron chi connectivity index (χ1n) is 12.2. The summed E-state index contributed by atoms with van der Waals surface area (Å²) < 4.78 is 71.4. The molecule has 0 radical (unpaired) electrons. The summed E-state index contributed by atoms with van der Waals surface area (Å²) in [6.45, 7) is 7.83. The number of rotatable bonds is 8. The summed E-state index contributed by atoms with van der Waals surface area (Å²) >= 11 is 0. The number of aryl methyl sites for hydroxylation is 1. The molecule has 0 aliphatic rings. The van der Waals surface area contributed by atoms with Crippen LogP contribution in [0.5, 0.6) is 11.5 Å². The lowest BCUT2D eigenvalue weighted by Crippen LogP contribution is -2.27. The quantitative estimate of drug-likeness (QED) is 0.276. The Bertz CT molecular complexity index is 1660. The normalized spacial score (nSPS) is 12.4. The second kappa shape index (κ2) is 10.8. The lowest BCUT2D eigenvalue weighted by atomic mass is 10.1.